The molecule has 1 rings (SSSR count). The molecule has 92 valence electrons. The minimum absolute atomic E-state index is 0.197. The van der Waals surface area contributed by atoms with E-state index in [2.05, 4.69) is 23.3 Å². The zero-order valence-corrected chi connectivity index (χ0v) is 10.8. The minimum atomic E-state index is -0.560. The van der Waals surface area contributed by atoms with Crippen molar-refractivity contribution < 1.29 is 9.59 Å². The van der Waals surface area contributed by atoms with Crippen LogP contribution in [0.4, 0.5) is 0 Å². The van der Waals surface area contributed by atoms with E-state index in [0.717, 1.165) is 0 Å². The van der Waals surface area contributed by atoms with Gasteiger partial charge in [-0.2, -0.15) is 0 Å². The molecule has 1 unspecified atom stereocenters. The van der Waals surface area contributed by atoms with Gasteiger partial charge in [-0.25, -0.2) is 0 Å². The fourth-order valence-electron chi connectivity index (χ4n) is 1.33. The second-order valence-corrected chi connectivity index (χ2v) is 4.09. The largest absolute Gasteiger partial charge is 0.355 e. The average Bonchev–Trinajstić information content (AvgIpc) is 2.29. The summed E-state index contributed by atoms with van der Waals surface area (Å²) >= 11 is 4.19. The Bertz CT molecular complexity index is 421. The van der Waals surface area contributed by atoms with E-state index in [0.29, 0.717) is 17.0 Å². The van der Waals surface area contributed by atoms with Gasteiger partial charge in [0, 0.05) is 11.4 Å². The fraction of sp³-hybridized carbons (Fsp3) is 0.333. The van der Waals surface area contributed by atoms with Gasteiger partial charge in [0.15, 0.2) is 0 Å². The number of likely N-dealkylation sites (N-methyl/N-ethyl adjacent to an activating group) is 1. The Kier molecular flexibility index (Phi) is 5.03. The van der Waals surface area contributed by atoms with Gasteiger partial charge in [0.05, 0.1) is 5.56 Å². The summed E-state index contributed by atoms with van der Waals surface area (Å²) < 4.78 is 0. The van der Waals surface area contributed by atoms with Crippen LogP contribution in [-0.4, -0.2) is 24.4 Å². The molecule has 0 aliphatic carbocycles. The van der Waals surface area contributed by atoms with Gasteiger partial charge in [-0.3, -0.25) is 9.59 Å². The maximum Gasteiger partial charge on any atom is 0.253 e. The minimum Gasteiger partial charge on any atom is -0.355 e. The number of nitrogens with one attached hydrogen (secondary N) is 2. The maximum absolute atomic E-state index is 11.8. The van der Waals surface area contributed by atoms with Crippen molar-refractivity contribution in [3.63, 3.8) is 0 Å². The first-order chi connectivity index (χ1) is 8.06. The SMILES string of the molecule is CCNC(=O)C(C)NC(=O)c1ccccc1S. The molecule has 0 bridgehead atoms. The third kappa shape index (κ3) is 3.78. The van der Waals surface area contributed by atoms with Crippen molar-refractivity contribution in [3.8, 4) is 0 Å². The number of carbonyl (C=O) groups is 2. The van der Waals surface area contributed by atoms with E-state index >= 15 is 0 Å². The molecule has 2 amide bonds. The van der Waals surface area contributed by atoms with Crippen LogP contribution >= 0.6 is 12.6 Å². The summed E-state index contributed by atoms with van der Waals surface area (Å²) in [7, 11) is 0. The van der Waals surface area contributed by atoms with Crippen molar-refractivity contribution in [3.05, 3.63) is 29.8 Å². The zero-order valence-electron chi connectivity index (χ0n) is 9.86. The number of rotatable bonds is 4. The van der Waals surface area contributed by atoms with E-state index in [1.807, 2.05) is 6.92 Å². The molecule has 5 heteroatoms. The number of amides is 2. The lowest BCUT2D eigenvalue weighted by atomic mass is 10.2. The molecule has 0 saturated carbocycles. The summed E-state index contributed by atoms with van der Waals surface area (Å²) in [5, 5.41) is 5.27. The number of hydrogen-bond acceptors (Lipinski definition) is 3. The summed E-state index contributed by atoms with van der Waals surface area (Å²) in [6.45, 7) is 4.02. The average molecular weight is 252 g/mol. The van der Waals surface area contributed by atoms with E-state index in [1.54, 1.807) is 31.2 Å². The standard InChI is InChI=1S/C12H16N2O2S/c1-3-13-11(15)8(2)14-12(16)9-6-4-5-7-10(9)17/h4-8,17H,3H2,1-2H3,(H,13,15)(H,14,16). The number of hydrogen-bond donors (Lipinski definition) is 3. The molecule has 0 aliphatic rings. The molecule has 0 aromatic heterocycles. The first-order valence-electron chi connectivity index (χ1n) is 5.42. The van der Waals surface area contributed by atoms with Crippen molar-refractivity contribution in [2.24, 2.45) is 0 Å². The quantitative estimate of drug-likeness (QED) is 0.706. The molecule has 1 aromatic carbocycles. The molecule has 0 saturated heterocycles. The van der Waals surface area contributed by atoms with Gasteiger partial charge < -0.3 is 10.6 Å². The molecule has 17 heavy (non-hydrogen) atoms. The highest BCUT2D eigenvalue weighted by Crippen LogP contribution is 2.12. The highest BCUT2D eigenvalue weighted by Gasteiger charge is 2.16. The molecule has 4 nitrogen and oxygen atoms in total. The van der Waals surface area contributed by atoms with Gasteiger partial charge >= 0.3 is 0 Å². The van der Waals surface area contributed by atoms with Crippen LogP contribution < -0.4 is 10.6 Å². The van der Waals surface area contributed by atoms with Crippen molar-refractivity contribution in [1.29, 1.82) is 0 Å². The molecule has 2 N–H and O–H groups in total. The Morgan fingerprint density at radius 2 is 2.00 bits per heavy atom. The molecule has 1 aromatic rings. The Morgan fingerprint density at radius 3 is 2.59 bits per heavy atom. The van der Waals surface area contributed by atoms with Crippen molar-refractivity contribution >= 4 is 24.4 Å². The van der Waals surface area contributed by atoms with Crippen LogP contribution in [0.15, 0.2) is 29.2 Å². The zero-order chi connectivity index (χ0) is 12.8. The van der Waals surface area contributed by atoms with Gasteiger partial charge in [-0.15, -0.1) is 12.6 Å². The fourth-order valence-corrected chi connectivity index (χ4v) is 1.60. The molecule has 0 radical (unpaired) electrons. The molecule has 0 heterocycles. The van der Waals surface area contributed by atoms with Crippen LogP contribution in [0.3, 0.4) is 0 Å². The van der Waals surface area contributed by atoms with Gasteiger partial charge in [0.2, 0.25) is 5.91 Å². The van der Waals surface area contributed by atoms with Gasteiger partial charge in [0.25, 0.3) is 5.91 Å². The van der Waals surface area contributed by atoms with Gasteiger partial charge in [-0.05, 0) is 26.0 Å². The molecular formula is C12H16N2O2S. The third-order valence-electron chi connectivity index (χ3n) is 2.24. The van der Waals surface area contributed by atoms with Crippen molar-refractivity contribution in [2.45, 2.75) is 24.8 Å². The number of carbonyl (C=O) groups excluding carboxylic acids is 2. The first-order valence-corrected chi connectivity index (χ1v) is 5.87. The summed E-state index contributed by atoms with van der Waals surface area (Å²) in [5.74, 6) is -0.494. The highest BCUT2D eigenvalue weighted by molar-refractivity contribution is 7.80. The number of benzene rings is 1. The second-order valence-electron chi connectivity index (χ2n) is 3.61. The molecule has 0 aliphatic heterocycles. The molecule has 0 spiro atoms. The summed E-state index contributed by atoms with van der Waals surface area (Å²) in [4.78, 5) is 23.9. The summed E-state index contributed by atoms with van der Waals surface area (Å²) in [6.07, 6.45) is 0. The monoisotopic (exact) mass is 252 g/mol. The summed E-state index contributed by atoms with van der Waals surface area (Å²) in [5.41, 5.74) is 0.465. The second kappa shape index (κ2) is 6.30. The Morgan fingerprint density at radius 1 is 1.35 bits per heavy atom. The molecule has 1 atom stereocenters. The normalized spacial score (nSPS) is 11.7. The Hall–Kier alpha value is -1.49. The lowest BCUT2D eigenvalue weighted by Crippen LogP contribution is -2.44. The van der Waals surface area contributed by atoms with Gasteiger partial charge in [0.1, 0.15) is 6.04 Å². The third-order valence-corrected chi connectivity index (χ3v) is 2.63. The van der Waals surface area contributed by atoms with E-state index < -0.39 is 6.04 Å². The molecule has 0 fully saturated rings. The Labute approximate surface area is 106 Å². The van der Waals surface area contributed by atoms with Crippen LogP contribution in [0.1, 0.15) is 24.2 Å². The van der Waals surface area contributed by atoms with E-state index in [9.17, 15) is 9.59 Å². The lowest BCUT2D eigenvalue weighted by molar-refractivity contribution is -0.122. The predicted octanol–water partition coefficient (Wildman–Crippen LogP) is 1.23. The van der Waals surface area contributed by atoms with E-state index in [4.69, 9.17) is 0 Å². The summed E-state index contributed by atoms with van der Waals surface area (Å²) in [6, 6.07) is 6.39. The lowest BCUT2D eigenvalue weighted by Gasteiger charge is -2.13. The van der Waals surface area contributed by atoms with E-state index in [1.165, 1.54) is 0 Å². The topological polar surface area (TPSA) is 58.2 Å². The van der Waals surface area contributed by atoms with Crippen LogP contribution in [0.25, 0.3) is 0 Å². The van der Waals surface area contributed by atoms with Crippen LogP contribution in [0.5, 0.6) is 0 Å². The Balaban J connectivity index is 2.67. The smallest absolute Gasteiger partial charge is 0.253 e. The number of thiol groups is 1. The van der Waals surface area contributed by atoms with Crippen LogP contribution in [-0.2, 0) is 4.79 Å². The van der Waals surface area contributed by atoms with E-state index in [-0.39, 0.29) is 11.8 Å². The van der Waals surface area contributed by atoms with Crippen LogP contribution in [0, 0.1) is 0 Å². The maximum atomic E-state index is 11.8. The van der Waals surface area contributed by atoms with Crippen LogP contribution in [0.2, 0.25) is 0 Å². The highest BCUT2D eigenvalue weighted by atomic mass is 32.1. The van der Waals surface area contributed by atoms with Crippen molar-refractivity contribution in [2.75, 3.05) is 6.54 Å². The predicted molar refractivity (Wildman–Crippen MR) is 69.3 cm³/mol. The van der Waals surface area contributed by atoms with Crippen molar-refractivity contribution in [1.82, 2.24) is 10.6 Å². The van der Waals surface area contributed by atoms with Gasteiger partial charge in [-0.1, -0.05) is 12.1 Å². The molecular weight excluding hydrogens is 236 g/mol. The first kappa shape index (κ1) is 13.6.